The fourth-order valence-electron chi connectivity index (χ4n) is 2.98. The van der Waals surface area contributed by atoms with Crippen LogP contribution < -0.4 is 10.1 Å². The molecule has 4 nitrogen and oxygen atoms in total. The predicted octanol–water partition coefficient (Wildman–Crippen LogP) is 5.93. The van der Waals surface area contributed by atoms with E-state index in [0.717, 1.165) is 33.4 Å². The van der Waals surface area contributed by atoms with Gasteiger partial charge in [0, 0.05) is 23.3 Å². The van der Waals surface area contributed by atoms with Gasteiger partial charge in [-0.1, -0.05) is 30.3 Å². The summed E-state index contributed by atoms with van der Waals surface area (Å²) in [4.78, 5) is 8.83. The van der Waals surface area contributed by atoms with Crippen molar-refractivity contribution in [2.24, 2.45) is 0 Å². The number of hydrogen-bond donors (Lipinski definition) is 1. The molecule has 2 heterocycles. The van der Waals surface area contributed by atoms with Crippen LogP contribution in [0.2, 0.25) is 0 Å². The summed E-state index contributed by atoms with van der Waals surface area (Å²) in [6.45, 7) is 2.11. The highest BCUT2D eigenvalue weighted by Gasteiger charge is 2.12. The smallest absolute Gasteiger partial charge is 0.187 e. The first-order chi connectivity index (χ1) is 13.2. The van der Waals surface area contributed by atoms with Crippen molar-refractivity contribution in [1.82, 2.24) is 9.97 Å². The minimum Gasteiger partial charge on any atom is -0.495 e. The Hall–Kier alpha value is -3.18. The third-order valence-corrected chi connectivity index (χ3v) is 5.09. The van der Waals surface area contributed by atoms with Crippen LogP contribution in [0, 0.1) is 6.92 Å². The third kappa shape index (κ3) is 3.68. The summed E-state index contributed by atoms with van der Waals surface area (Å²) in [5.41, 5.74) is 6.33. The molecular formula is C22H19N3OS. The average molecular weight is 373 g/mol. The lowest BCUT2D eigenvalue weighted by molar-refractivity contribution is 0.417. The molecule has 4 rings (SSSR count). The SMILES string of the molecule is COc1cc(-c2ccccc2)c(C)cc1Nc1nc(-c2cccnc2)cs1. The molecule has 0 amide bonds. The maximum atomic E-state index is 5.63. The molecule has 2 aromatic carbocycles. The molecule has 0 bridgehead atoms. The molecule has 4 aromatic rings. The zero-order chi connectivity index (χ0) is 18.6. The minimum absolute atomic E-state index is 0.789. The molecular weight excluding hydrogens is 354 g/mol. The number of rotatable bonds is 5. The van der Waals surface area contributed by atoms with Crippen LogP contribution in [-0.4, -0.2) is 17.1 Å². The summed E-state index contributed by atoms with van der Waals surface area (Å²) in [7, 11) is 1.69. The number of ether oxygens (including phenoxy) is 1. The molecule has 0 aliphatic carbocycles. The summed E-state index contributed by atoms with van der Waals surface area (Å²) >= 11 is 1.56. The van der Waals surface area contributed by atoms with E-state index in [-0.39, 0.29) is 0 Å². The van der Waals surface area contributed by atoms with Crippen molar-refractivity contribution in [1.29, 1.82) is 0 Å². The van der Waals surface area contributed by atoms with E-state index in [4.69, 9.17) is 4.74 Å². The van der Waals surface area contributed by atoms with Gasteiger partial charge in [-0.3, -0.25) is 4.98 Å². The highest BCUT2D eigenvalue weighted by Crippen LogP contribution is 2.36. The predicted molar refractivity (Wildman–Crippen MR) is 112 cm³/mol. The standard InChI is InChI=1S/C22H19N3OS/c1-15-11-19(21(26-2)12-18(15)16-7-4-3-5-8-16)24-22-25-20(14-27-22)17-9-6-10-23-13-17/h3-14H,1-2H3,(H,24,25). The molecule has 1 N–H and O–H groups in total. The van der Waals surface area contributed by atoms with Crippen molar-refractivity contribution in [3.05, 3.63) is 77.9 Å². The molecule has 27 heavy (non-hydrogen) atoms. The summed E-state index contributed by atoms with van der Waals surface area (Å²) in [6.07, 6.45) is 3.58. The lowest BCUT2D eigenvalue weighted by Crippen LogP contribution is -1.97. The van der Waals surface area contributed by atoms with Crippen molar-refractivity contribution >= 4 is 22.2 Å². The Morgan fingerprint density at radius 1 is 1.00 bits per heavy atom. The van der Waals surface area contributed by atoms with Gasteiger partial charge < -0.3 is 10.1 Å². The van der Waals surface area contributed by atoms with E-state index < -0.39 is 0 Å². The zero-order valence-electron chi connectivity index (χ0n) is 15.1. The molecule has 0 saturated carbocycles. The third-order valence-electron chi connectivity index (χ3n) is 4.33. The van der Waals surface area contributed by atoms with Crippen molar-refractivity contribution in [2.75, 3.05) is 12.4 Å². The van der Waals surface area contributed by atoms with Crippen LogP contribution in [0.4, 0.5) is 10.8 Å². The van der Waals surface area contributed by atoms with Gasteiger partial charge in [0.25, 0.3) is 0 Å². The van der Waals surface area contributed by atoms with Gasteiger partial charge in [-0.05, 0) is 47.9 Å². The van der Waals surface area contributed by atoms with Crippen LogP contribution in [0.3, 0.4) is 0 Å². The number of pyridine rings is 1. The highest BCUT2D eigenvalue weighted by molar-refractivity contribution is 7.14. The van der Waals surface area contributed by atoms with Crippen LogP contribution in [0.1, 0.15) is 5.56 Å². The minimum atomic E-state index is 0.789. The lowest BCUT2D eigenvalue weighted by atomic mass is 9.99. The number of nitrogens with zero attached hydrogens (tertiary/aromatic N) is 2. The summed E-state index contributed by atoms with van der Waals surface area (Å²) in [6, 6.07) is 18.4. The highest BCUT2D eigenvalue weighted by atomic mass is 32.1. The first-order valence-electron chi connectivity index (χ1n) is 8.61. The van der Waals surface area contributed by atoms with Crippen LogP contribution in [0.5, 0.6) is 5.75 Å². The van der Waals surface area contributed by atoms with Gasteiger partial charge in [-0.2, -0.15) is 0 Å². The number of aromatic nitrogens is 2. The fourth-order valence-corrected chi connectivity index (χ4v) is 3.71. The van der Waals surface area contributed by atoms with Gasteiger partial charge >= 0.3 is 0 Å². The average Bonchev–Trinajstić information content (AvgIpc) is 3.18. The van der Waals surface area contributed by atoms with Crippen LogP contribution >= 0.6 is 11.3 Å². The molecule has 0 radical (unpaired) electrons. The summed E-state index contributed by atoms with van der Waals surface area (Å²) in [5.74, 6) is 0.789. The molecule has 0 spiro atoms. The van der Waals surface area contributed by atoms with Crippen LogP contribution in [0.25, 0.3) is 22.4 Å². The van der Waals surface area contributed by atoms with E-state index >= 15 is 0 Å². The van der Waals surface area contributed by atoms with Crippen LogP contribution in [-0.2, 0) is 0 Å². The Labute approximate surface area is 162 Å². The molecule has 0 unspecified atom stereocenters. The summed E-state index contributed by atoms with van der Waals surface area (Å²) < 4.78 is 5.63. The van der Waals surface area contributed by atoms with Gasteiger partial charge in [-0.25, -0.2) is 4.98 Å². The number of hydrogen-bond acceptors (Lipinski definition) is 5. The summed E-state index contributed by atoms with van der Waals surface area (Å²) in [5, 5.41) is 6.24. The monoisotopic (exact) mass is 373 g/mol. The van der Waals surface area contributed by atoms with Gasteiger partial charge in [-0.15, -0.1) is 11.3 Å². The second-order valence-corrected chi connectivity index (χ2v) is 7.00. The number of anilines is 2. The van der Waals surface area contributed by atoms with Crippen molar-refractivity contribution in [3.63, 3.8) is 0 Å². The second kappa shape index (κ2) is 7.60. The molecule has 134 valence electrons. The second-order valence-electron chi connectivity index (χ2n) is 6.14. The molecule has 0 aliphatic heterocycles. The Morgan fingerprint density at radius 3 is 2.56 bits per heavy atom. The fraction of sp³-hybridized carbons (Fsp3) is 0.0909. The first-order valence-corrected chi connectivity index (χ1v) is 9.49. The van der Waals surface area contributed by atoms with Gasteiger partial charge in [0.2, 0.25) is 0 Å². The molecule has 0 saturated heterocycles. The van der Waals surface area contributed by atoms with E-state index in [1.165, 1.54) is 11.1 Å². The van der Waals surface area contributed by atoms with Gasteiger partial charge in [0.1, 0.15) is 5.75 Å². The Kier molecular flexibility index (Phi) is 4.85. The first kappa shape index (κ1) is 17.2. The largest absolute Gasteiger partial charge is 0.495 e. The van der Waals surface area contributed by atoms with Crippen molar-refractivity contribution in [2.45, 2.75) is 6.92 Å². The van der Waals surface area contributed by atoms with Gasteiger partial charge in [0.15, 0.2) is 5.13 Å². The van der Waals surface area contributed by atoms with Crippen molar-refractivity contribution in [3.8, 4) is 28.1 Å². The molecule has 2 aromatic heterocycles. The van der Waals surface area contributed by atoms with E-state index in [1.807, 2.05) is 41.9 Å². The Morgan fingerprint density at radius 2 is 1.81 bits per heavy atom. The molecule has 0 fully saturated rings. The number of nitrogens with one attached hydrogen (secondary N) is 1. The molecule has 0 atom stereocenters. The number of benzene rings is 2. The van der Waals surface area contributed by atoms with Crippen molar-refractivity contribution < 1.29 is 4.74 Å². The zero-order valence-corrected chi connectivity index (χ0v) is 16.0. The quantitative estimate of drug-likeness (QED) is 0.471. The van der Waals surface area contributed by atoms with E-state index in [0.29, 0.717) is 0 Å². The van der Waals surface area contributed by atoms with E-state index in [9.17, 15) is 0 Å². The normalized spacial score (nSPS) is 10.6. The Bertz CT molecular complexity index is 1050. The van der Waals surface area contributed by atoms with E-state index in [2.05, 4.69) is 46.5 Å². The van der Waals surface area contributed by atoms with Gasteiger partial charge in [0.05, 0.1) is 18.5 Å². The topological polar surface area (TPSA) is 47.0 Å². The van der Waals surface area contributed by atoms with E-state index in [1.54, 1.807) is 24.6 Å². The maximum absolute atomic E-state index is 5.63. The molecule has 5 heteroatoms. The maximum Gasteiger partial charge on any atom is 0.187 e. The van der Waals surface area contributed by atoms with Crippen LogP contribution in [0.15, 0.2) is 72.4 Å². The molecule has 0 aliphatic rings. The number of aryl methyl sites for hydroxylation is 1. The number of methoxy groups -OCH3 is 1. The Balaban J connectivity index is 1.65. The number of thiazole rings is 1. The lowest BCUT2D eigenvalue weighted by Gasteiger charge is -2.14.